The second-order valence-electron chi connectivity index (χ2n) is 6.88. The fourth-order valence-electron chi connectivity index (χ4n) is 2.91. The minimum Gasteiger partial charge on any atom is -0.493 e. The van der Waals surface area contributed by atoms with E-state index in [1.807, 2.05) is 31.2 Å². The van der Waals surface area contributed by atoms with Gasteiger partial charge in [0.05, 0.1) is 30.0 Å². The summed E-state index contributed by atoms with van der Waals surface area (Å²) in [4.78, 5) is 12.1. The van der Waals surface area contributed by atoms with Gasteiger partial charge < -0.3 is 14.8 Å². The van der Waals surface area contributed by atoms with Crippen LogP contribution in [-0.4, -0.2) is 19.4 Å². The molecular formula is C24H20BrClN4O3. The number of ether oxygens (including phenoxy) is 2. The number of methoxy groups -OCH3 is 1. The number of rotatable bonds is 7. The van der Waals surface area contributed by atoms with Crippen molar-refractivity contribution in [2.24, 2.45) is 5.10 Å². The Hall–Kier alpha value is -3.54. The Morgan fingerprint density at radius 2 is 2.03 bits per heavy atom. The number of nitrogens with one attached hydrogen (secondary N) is 2. The summed E-state index contributed by atoms with van der Waals surface area (Å²) in [6.07, 6.45) is 1.44. The van der Waals surface area contributed by atoms with Gasteiger partial charge in [0.1, 0.15) is 6.61 Å². The lowest BCUT2D eigenvalue weighted by atomic mass is 10.1. The first-order valence-corrected chi connectivity index (χ1v) is 10.9. The van der Waals surface area contributed by atoms with Crippen LogP contribution in [0.5, 0.6) is 11.5 Å². The van der Waals surface area contributed by atoms with Crippen LogP contribution in [0.2, 0.25) is 5.02 Å². The molecule has 0 radical (unpaired) electrons. The molecule has 9 heteroatoms. The highest BCUT2D eigenvalue weighted by Gasteiger charge is 2.13. The van der Waals surface area contributed by atoms with Crippen LogP contribution in [0.25, 0.3) is 0 Å². The fourth-order valence-corrected chi connectivity index (χ4v) is 3.43. The number of nitrogens with zero attached hydrogens (tertiary/aromatic N) is 2. The van der Waals surface area contributed by atoms with Crippen LogP contribution in [0.3, 0.4) is 0 Å². The van der Waals surface area contributed by atoms with E-state index < -0.39 is 6.03 Å². The third-order valence-corrected chi connectivity index (χ3v) is 5.73. The Balaban J connectivity index is 1.66. The summed E-state index contributed by atoms with van der Waals surface area (Å²) in [6, 6.07) is 17.6. The zero-order chi connectivity index (χ0) is 23.8. The normalized spacial score (nSPS) is 10.5. The molecule has 0 aliphatic rings. The highest BCUT2D eigenvalue weighted by Crippen LogP contribution is 2.36. The number of anilines is 1. The van der Waals surface area contributed by atoms with Crippen molar-refractivity contribution < 1.29 is 14.3 Å². The number of aryl methyl sites for hydroxylation is 1. The standard InChI is InChI=1S/C24H20BrClN4O3/c1-15-9-19(7-8-20(15)25)29-24(31)30-28-13-16-10-21(26)23(22(11-16)32-2)33-14-18-6-4-3-5-17(18)12-27/h3-11,13H,14H2,1-2H3,(H2,29,30,31)/b28-13+. The van der Waals surface area contributed by atoms with Gasteiger partial charge in [0.25, 0.3) is 0 Å². The first-order valence-electron chi connectivity index (χ1n) is 9.75. The van der Waals surface area contributed by atoms with Crippen molar-refractivity contribution in [3.63, 3.8) is 0 Å². The van der Waals surface area contributed by atoms with Crippen LogP contribution in [0.1, 0.15) is 22.3 Å². The van der Waals surface area contributed by atoms with E-state index in [1.54, 1.807) is 30.3 Å². The molecule has 168 valence electrons. The molecule has 0 saturated heterocycles. The summed E-state index contributed by atoms with van der Waals surface area (Å²) in [5.41, 5.74) is 5.91. The number of amides is 2. The first kappa shape index (κ1) is 24.1. The van der Waals surface area contributed by atoms with E-state index >= 15 is 0 Å². The number of carbonyl (C=O) groups is 1. The minimum absolute atomic E-state index is 0.157. The number of halogens is 2. The predicted octanol–water partition coefficient (Wildman–Crippen LogP) is 6.03. The number of urea groups is 1. The summed E-state index contributed by atoms with van der Waals surface area (Å²) in [5, 5.41) is 16.2. The largest absolute Gasteiger partial charge is 0.493 e. The molecular weight excluding hydrogens is 508 g/mol. The molecule has 0 aromatic heterocycles. The molecule has 3 aromatic carbocycles. The van der Waals surface area contributed by atoms with Gasteiger partial charge in [-0.3, -0.25) is 0 Å². The van der Waals surface area contributed by atoms with E-state index in [2.05, 4.69) is 37.8 Å². The van der Waals surface area contributed by atoms with Crippen LogP contribution < -0.4 is 20.2 Å². The van der Waals surface area contributed by atoms with E-state index in [-0.39, 0.29) is 6.61 Å². The van der Waals surface area contributed by atoms with Gasteiger partial charge in [0.15, 0.2) is 11.5 Å². The van der Waals surface area contributed by atoms with E-state index in [0.717, 1.165) is 15.6 Å². The van der Waals surface area contributed by atoms with Gasteiger partial charge in [-0.15, -0.1) is 0 Å². The first-order chi connectivity index (χ1) is 15.9. The lowest BCUT2D eigenvalue weighted by molar-refractivity contribution is 0.252. The van der Waals surface area contributed by atoms with Crippen LogP contribution in [0.4, 0.5) is 10.5 Å². The maximum Gasteiger partial charge on any atom is 0.339 e. The SMILES string of the molecule is COc1cc(/C=N/NC(=O)Nc2ccc(Br)c(C)c2)cc(Cl)c1OCc1ccccc1C#N. The van der Waals surface area contributed by atoms with Crippen molar-refractivity contribution in [2.45, 2.75) is 13.5 Å². The smallest absolute Gasteiger partial charge is 0.339 e. The number of hydrazone groups is 1. The van der Waals surface area contributed by atoms with Crippen molar-refractivity contribution in [3.05, 3.63) is 86.3 Å². The summed E-state index contributed by atoms with van der Waals surface area (Å²) in [7, 11) is 1.49. The number of benzene rings is 3. The van der Waals surface area contributed by atoms with Gasteiger partial charge in [-0.2, -0.15) is 10.4 Å². The van der Waals surface area contributed by atoms with Crippen molar-refractivity contribution in [1.29, 1.82) is 5.26 Å². The molecule has 7 nitrogen and oxygen atoms in total. The number of hydrogen-bond donors (Lipinski definition) is 2. The highest BCUT2D eigenvalue weighted by atomic mass is 79.9. The van der Waals surface area contributed by atoms with Crippen LogP contribution in [-0.2, 0) is 6.61 Å². The molecule has 0 heterocycles. The molecule has 3 rings (SSSR count). The van der Waals surface area contributed by atoms with Gasteiger partial charge in [-0.25, -0.2) is 10.2 Å². The molecule has 0 fully saturated rings. The third kappa shape index (κ3) is 6.48. The second kappa shape index (κ2) is 11.4. The van der Waals surface area contributed by atoms with Crippen molar-refractivity contribution in [1.82, 2.24) is 5.43 Å². The Morgan fingerprint density at radius 3 is 2.76 bits per heavy atom. The van der Waals surface area contributed by atoms with Gasteiger partial charge in [0.2, 0.25) is 0 Å². The molecule has 3 aromatic rings. The topological polar surface area (TPSA) is 95.7 Å². The van der Waals surface area contributed by atoms with E-state index in [1.165, 1.54) is 13.3 Å². The van der Waals surface area contributed by atoms with Crippen LogP contribution in [0, 0.1) is 18.3 Å². The molecule has 33 heavy (non-hydrogen) atoms. The molecule has 0 aliphatic carbocycles. The number of carbonyl (C=O) groups excluding carboxylic acids is 1. The monoisotopic (exact) mass is 526 g/mol. The van der Waals surface area contributed by atoms with Gasteiger partial charge >= 0.3 is 6.03 Å². The Morgan fingerprint density at radius 1 is 1.24 bits per heavy atom. The molecule has 0 aliphatic heterocycles. The Bertz CT molecular complexity index is 1240. The van der Waals surface area contributed by atoms with E-state index in [0.29, 0.717) is 33.3 Å². The summed E-state index contributed by atoms with van der Waals surface area (Å²) < 4.78 is 12.2. The van der Waals surface area contributed by atoms with E-state index in [9.17, 15) is 10.1 Å². The molecule has 0 unspecified atom stereocenters. The van der Waals surface area contributed by atoms with Crippen LogP contribution >= 0.6 is 27.5 Å². The van der Waals surface area contributed by atoms with Gasteiger partial charge in [-0.1, -0.05) is 45.7 Å². The molecule has 0 saturated carbocycles. The second-order valence-corrected chi connectivity index (χ2v) is 8.14. The molecule has 2 amide bonds. The van der Waals surface area contributed by atoms with Crippen molar-refractivity contribution in [2.75, 3.05) is 12.4 Å². The maximum atomic E-state index is 12.1. The van der Waals surface area contributed by atoms with E-state index in [4.69, 9.17) is 21.1 Å². The Labute approximate surface area is 205 Å². The average Bonchev–Trinajstić information content (AvgIpc) is 2.80. The van der Waals surface area contributed by atoms with Gasteiger partial charge in [0, 0.05) is 15.7 Å². The molecule has 0 atom stereocenters. The predicted molar refractivity (Wildman–Crippen MR) is 132 cm³/mol. The molecule has 0 spiro atoms. The van der Waals surface area contributed by atoms with Crippen molar-refractivity contribution >= 4 is 45.5 Å². The summed E-state index contributed by atoms with van der Waals surface area (Å²) >= 11 is 9.81. The molecule has 2 N–H and O–H groups in total. The third-order valence-electron chi connectivity index (χ3n) is 4.56. The maximum absolute atomic E-state index is 12.1. The number of nitriles is 1. The zero-order valence-electron chi connectivity index (χ0n) is 17.9. The highest BCUT2D eigenvalue weighted by molar-refractivity contribution is 9.10. The number of hydrogen-bond acceptors (Lipinski definition) is 5. The lowest BCUT2D eigenvalue weighted by Gasteiger charge is -2.14. The molecule has 0 bridgehead atoms. The average molecular weight is 528 g/mol. The lowest BCUT2D eigenvalue weighted by Crippen LogP contribution is -2.24. The summed E-state index contributed by atoms with van der Waals surface area (Å²) in [6.45, 7) is 2.09. The summed E-state index contributed by atoms with van der Waals surface area (Å²) in [5.74, 6) is 0.744. The van der Waals surface area contributed by atoms with Crippen molar-refractivity contribution in [3.8, 4) is 17.6 Å². The quantitative estimate of drug-likeness (QED) is 0.290. The fraction of sp³-hybridized carbons (Fsp3) is 0.125. The van der Waals surface area contributed by atoms with Crippen LogP contribution in [0.15, 0.2) is 64.2 Å². The Kier molecular flexibility index (Phi) is 8.30. The zero-order valence-corrected chi connectivity index (χ0v) is 20.2. The van der Waals surface area contributed by atoms with Gasteiger partial charge in [-0.05, 0) is 54.4 Å². The minimum atomic E-state index is -0.484.